The number of fused-ring (bicyclic) bond motifs is 1. The highest BCUT2D eigenvalue weighted by molar-refractivity contribution is 7.10. The lowest BCUT2D eigenvalue weighted by molar-refractivity contribution is -0.159. The SMILES string of the molecule is COc1ccc(C(C)C(=O)N2CCc3scc(-c4noc(C(F)(F)F)n4)c3C2)cc1. The summed E-state index contributed by atoms with van der Waals surface area (Å²) in [6.07, 6.45) is -4.07. The molecule has 0 bridgehead atoms. The van der Waals surface area contributed by atoms with Crippen LogP contribution in [-0.4, -0.2) is 34.6 Å². The lowest BCUT2D eigenvalue weighted by Gasteiger charge is -2.30. The largest absolute Gasteiger partial charge is 0.497 e. The minimum absolute atomic E-state index is 0.0490. The lowest BCUT2D eigenvalue weighted by Crippen LogP contribution is -2.38. The molecule has 0 aliphatic carbocycles. The Morgan fingerprint density at radius 3 is 2.67 bits per heavy atom. The number of thiophene rings is 1. The van der Waals surface area contributed by atoms with Gasteiger partial charge in [0.05, 0.1) is 13.0 Å². The van der Waals surface area contributed by atoms with Crippen molar-refractivity contribution in [3.63, 3.8) is 0 Å². The molecule has 0 spiro atoms. The number of alkyl halides is 3. The van der Waals surface area contributed by atoms with Crippen LogP contribution in [0.1, 0.15) is 34.7 Å². The van der Waals surface area contributed by atoms with Crippen molar-refractivity contribution < 1.29 is 27.2 Å². The summed E-state index contributed by atoms with van der Waals surface area (Å²) in [5, 5.41) is 5.21. The third-order valence-corrected chi connectivity index (χ3v) is 6.23. The van der Waals surface area contributed by atoms with Gasteiger partial charge in [-0.05, 0) is 36.6 Å². The zero-order chi connectivity index (χ0) is 21.5. The fourth-order valence-electron chi connectivity index (χ4n) is 3.44. The quantitative estimate of drug-likeness (QED) is 0.601. The summed E-state index contributed by atoms with van der Waals surface area (Å²) in [5.41, 5.74) is 2.12. The van der Waals surface area contributed by atoms with Crippen LogP contribution in [0.3, 0.4) is 0 Å². The molecule has 1 aromatic carbocycles. The van der Waals surface area contributed by atoms with Gasteiger partial charge in [0, 0.05) is 28.9 Å². The van der Waals surface area contributed by atoms with Crippen LogP contribution < -0.4 is 4.74 Å². The molecular formula is C20H18F3N3O3S. The van der Waals surface area contributed by atoms with Crippen LogP contribution in [0, 0.1) is 0 Å². The molecule has 0 N–H and O–H groups in total. The number of halogens is 3. The van der Waals surface area contributed by atoms with E-state index in [9.17, 15) is 18.0 Å². The molecule has 1 amide bonds. The Labute approximate surface area is 174 Å². The summed E-state index contributed by atoms with van der Waals surface area (Å²) >= 11 is 1.43. The topological polar surface area (TPSA) is 68.5 Å². The first-order chi connectivity index (χ1) is 14.3. The van der Waals surface area contributed by atoms with E-state index in [1.165, 1.54) is 11.3 Å². The summed E-state index contributed by atoms with van der Waals surface area (Å²) in [6, 6.07) is 7.31. The fourth-order valence-corrected chi connectivity index (χ4v) is 4.48. The van der Waals surface area contributed by atoms with Gasteiger partial charge in [-0.15, -0.1) is 11.3 Å². The van der Waals surface area contributed by atoms with Gasteiger partial charge in [0.15, 0.2) is 0 Å². The van der Waals surface area contributed by atoms with Crippen molar-refractivity contribution in [2.75, 3.05) is 13.7 Å². The van der Waals surface area contributed by atoms with Crippen molar-refractivity contribution >= 4 is 17.2 Å². The highest BCUT2D eigenvalue weighted by Crippen LogP contribution is 2.37. The first kappa shape index (κ1) is 20.4. The zero-order valence-electron chi connectivity index (χ0n) is 16.2. The van der Waals surface area contributed by atoms with Gasteiger partial charge in [0.25, 0.3) is 0 Å². The number of carbonyl (C=O) groups excluding carboxylic acids is 1. The van der Waals surface area contributed by atoms with Gasteiger partial charge in [-0.2, -0.15) is 18.2 Å². The monoisotopic (exact) mass is 437 g/mol. The molecule has 2 aromatic heterocycles. The van der Waals surface area contributed by atoms with E-state index in [4.69, 9.17) is 4.74 Å². The van der Waals surface area contributed by atoms with Crippen molar-refractivity contribution in [1.82, 2.24) is 15.0 Å². The highest BCUT2D eigenvalue weighted by Gasteiger charge is 2.39. The number of hydrogen-bond donors (Lipinski definition) is 0. The minimum atomic E-state index is -4.70. The third kappa shape index (κ3) is 3.79. The molecule has 30 heavy (non-hydrogen) atoms. The van der Waals surface area contributed by atoms with Gasteiger partial charge in [0.2, 0.25) is 11.7 Å². The van der Waals surface area contributed by atoms with Crippen molar-refractivity contribution in [3.05, 3.63) is 51.5 Å². The number of hydrogen-bond acceptors (Lipinski definition) is 6. The number of aromatic nitrogens is 2. The van der Waals surface area contributed by atoms with E-state index in [1.54, 1.807) is 29.5 Å². The summed E-state index contributed by atoms with van der Waals surface area (Å²) < 4.78 is 47.9. The molecule has 1 aliphatic rings. The first-order valence-corrected chi connectivity index (χ1v) is 10.1. The Bertz CT molecular complexity index is 1060. The Hall–Kier alpha value is -2.88. The number of benzene rings is 1. The molecule has 1 atom stereocenters. The van der Waals surface area contributed by atoms with E-state index in [0.29, 0.717) is 30.8 Å². The van der Waals surface area contributed by atoms with E-state index in [-0.39, 0.29) is 17.6 Å². The predicted octanol–water partition coefficient (Wildman–Crippen LogP) is 4.51. The van der Waals surface area contributed by atoms with Gasteiger partial charge in [-0.25, -0.2) is 0 Å². The second-order valence-electron chi connectivity index (χ2n) is 6.98. The average Bonchev–Trinajstić information content (AvgIpc) is 3.39. The molecule has 0 saturated carbocycles. The second-order valence-corrected chi connectivity index (χ2v) is 7.94. The normalized spacial score (nSPS) is 15.0. The molecule has 158 valence electrons. The fraction of sp³-hybridized carbons (Fsp3) is 0.350. The molecule has 3 aromatic rings. The van der Waals surface area contributed by atoms with E-state index in [2.05, 4.69) is 14.7 Å². The zero-order valence-corrected chi connectivity index (χ0v) is 17.0. The molecule has 10 heteroatoms. The maximum Gasteiger partial charge on any atom is 0.471 e. The Balaban J connectivity index is 1.55. The van der Waals surface area contributed by atoms with Crippen molar-refractivity contribution in [3.8, 4) is 17.1 Å². The van der Waals surface area contributed by atoms with E-state index < -0.39 is 12.1 Å². The number of carbonyl (C=O) groups is 1. The van der Waals surface area contributed by atoms with Crippen LogP contribution in [0.2, 0.25) is 0 Å². The number of ether oxygens (including phenoxy) is 1. The number of methoxy groups -OCH3 is 1. The number of nitrogens with zero attached hydrogens (tertiary/aromatic N) is 3. The van der Waals surface area contributed by atoms with Crippen LogP contribution in [-0.2, 0) is 23.9 Å². The van der Waals surface area contributed by atoms with Crippen LogP contribution in [0.5, 0.6) is 5.75 Å². The summed E-state index contributed by atoms with van der Waals surface area (Å²) in [6.45, 7) is 2.68. The highest BCUT2D eigenvalue weighted by atomic mass is 32.1. The first-order valence-electron chi connectivity index (χ1n) is 9.21. The molecule has 3 heterocycles. The summed E-state index contributed by atoms with van der Waals surface area (Å²) in [4.78, 5) is 19.3. The Morgan fingerprint density at radius 1 is 1.30 bits per heavy atom. The van der Waals surface area contributed by atoms with Crippen LogP contribution in [0.4, 0.5) is 13.2 Å². The predicted molar refractivity (Wildman–Crippen MR) is 103 cm³/mol. The van der Waals surface area contributed by atoms with Gasteiger partial charge in [-0.3, -0.25) is 4.79 Å². The van der Waals surface area contributed by atoms with Crippen molar-refractivity contribution in [1.29, 1.82) is 0 Å². The van der Waals surface area contributed by atoms with Gasteiger partial charge < -0.3 is 14.2 Å². The number of amides is 1. The van der Waals surface area contributed by atoms with E-state index in [1.807, 2.05) is 19.1 Å². The van der Waals surface area contributed by atoms with Crippen molar-refractivity contribution in [2.45, 2.75) is 32.0 Å². The molecule has 0 fully saturated rings. The maximum atomic E-state index is 13.1. The van der Waals surface area contributed by atoms with Gasteiger partial charge in [-0.1, -0.05) is 17.3 Å². The number of rotatable bonds is 4. The van der Waals surface area contributed by atoms with Crippen LogP contribution in [0.25, 0.3) is 11.4 Å². The molecule has 4 rings (SSSR count). The van der Waals surface area contributed by atoms with Crippen LogP contribution >= 0.6 is 11.3 Å². The summed E-state index contributed by atoms with van der Waals surface area (Å²) in [7, 11) is 1.58. The molecule has 0 saturated heterocycles. The van der Waals surface area contributed by atoms with Crippen LogP contribution in [0.15, 0.2) is 34.2 Å². The van der Waals surface area contributed by atoms with Gasteiger partial charge >= 0.3 is 12.1 Å². The lowest BCUT2D eigenvalue weighted by atomic mass is 9.97. The molecular weight excluding hydrogens is 419 g/mol. The van der Waals surface area contributed by atoms with Crippen molar-refractivity contribution in [2.24, 2.45) is 0 Å². The smallest absolute Gasteiger partial charge is 0.471 e. The Kier molecular flexibility index (Phi) is 5.27. The van der Waals surface area contributed by atoms with E-state index >= 15 is 0 Å². The Morgan fingerprint density at radius 2 is 2.03 bits per heavy atom. The standard InChI is InChI=1S/C20H18F3N3O3S/c1-11(12-3-5-13(28-2)6-4-12)18(27)26-8-7-16-14(9-26)15(10-30-16)17-24-19(29-25-17)20(21,22)23/h3-6,10-11H,7-9H2,1-2H3. The van der Waals surface area contributed by atoms with Gasteiger partial charge in [0.1, 0.15) is 5.75 Å². The average molecular weight is 437 g/mol. The van der Waals surface area contributed by atoms with E-state index in [0.717, 1.165) is 16.0 Å². The molecule has 0 radical (unpaired) electrons. The molecule has 6 nitrogen and oxygen atoms in total. The maximum absolute atomic E-state index is 13.1. The molecule has 1 aliphatic heterocycles. The second kappa shape index (κ2) is 7.75. The molecule has 1 unspecified atom stereocenters. The minimum Gasteiger partial charge on any atom is -0.497 e. The third-order valence-electron chi connectivity index (χ3n) is 5.15. The summed E-state index contributed by atoms with van der Waals surface area (Å²) in [5.74, 6) is -1.19.